The summed E-state index contributed by atoms with van der Waals surface area (Å²) in [4.78, 5) is 33.2. The van der Waals surface area contributed by atoms with Crippen LogP contribution in [-0.2, 0) is 9.59 Å². The third-order valence-electron chi connectivity index (χ3n) is 3.59. The van der Waals surface area contributed by atoms with Gasteiger partial charge < -0.3 is 10.6 Å². The molecule has 2 rings (SSSR count). The van der Waals surface area contributed by atoms with Crippen LogP contribution in [0.15, 0.2) is 6.33 Å². The van der Waals surface area contributed by atoms with E-state index >= 15 is 0 Å². The van der Waals surface area contributed by atoms with Crippen LogP contribution < -0.4 is 10.6 Å². The molecule has 0 aromatic carbocycles. The average Bonchev–Trinajstić information content (AvgIpc) is 2.48. The van der Waals surface area contributed by atoms with Crippen LogP contribution in [0.4, 0.5) is 11.6 Å². The van der Waals surface area contributed by atoms with Gasteiger partial charge >= 0.3 is 0 Å². The Balaban J connectivity index is 2.12. The van der Waals surface area contributed by atoms with E-state index in [1.165, 1.54) is 18.3 Å². The monoisotopic (exact) mass is 291 g/mol. The molecule has 1 aromatic rings. The maximum atomic E-state index is 12.1. The zero-order valence-electron chi connectivity index (χ0n) is 12.6. The number of carbonyl (C=O) groups is 2. The van der Waals surface area contributed by atoms with E-state index in [4.69, 9.17) is 0 Å². The lowest BCUT2D eigenvalue weighted by molar-refractivity contribution is -0.146. The van der Waals surface area contributed by atoms with Crippen molar-refractivity contribution >= 4 is 23.5 Å². The topological polar surface area (TPSA) is 87.2 Å². The molecule has 1 fully saturated rings. The summed E-state index contributed by atoms with van der Waals surface area (Å²) in [7, 11) is 1.51. The van der Waals surface area contributed by atoms with Gasteiger partial charge in [-0.15, -0.1) is 0 Å². The molecule has 1 atom stereocenters. The molecule has 7 heteroatoms. The smallest absolute Gasteiger partial charge is 0.251 e. The van der Waals surface area contributed by atoms with Crippen molar-refractivity contribution in [2.24, 2.45) is 0 Å². The highest BCUT2D eigenvalue weighted by atomic mass is 16.2. The van der Waals surface area contributed by atoms with E-state index in [-0.39, 0.29) is 11.8 Å². The second-order valence-corrected chi connectivity index (χ2v) is 5.15. The lowest BCUT2D eigenvalue weighted by atomic mass is 10.0. The minimum absolute atomic E-state index is 0.136. The molecule has 1 unspecified atom stereocenters. The van der Waals surface area contributed by atoms with Crippen LogP contribution in [-0.4, -0.2) is 46.3 Å². The Morgan fingerprint density at radius 3 is 2.76 bits per heavy atom. The maximum absolute atomic E-state index is 12.1. The molecule has 1 saturated heterocycles. The van der Waals surface area contributed by atoms with E-state index in [0.717, 1.165) is 24.3 Å². The van der Waals surface area contributed by atoms with Gasteiger partial charge in [0.05, 0.1) is 0 Å². The predicted molar refractivity (Wildman–Crippen MR) is 80.0 cm³/mol. The molecule has 1 aliphatic rings. The first kappa shape index (κ1) is 15.2. The van der Waals surface area contributed by atoms with E-state index in [1.807, 2.05) is 6.92 Å². The van der Waals surface area contributed by atoms with Crippen molar-refractivity contribution in [3.8, 4) is 0 Å². The molecule has 2 N–H and O–H groups in total. The van der Waals surface area contributed by atoms with Gasteiger partial charge in [0.1, 0.15) is 24.0 Å². The molecule has 0 radical (unpaired) electrons. The maximum Gasteiger partial charge on any atom is 0.251 e. The number of likely N-dealkylation sites (tertiary alicyclic amines) is 1. The van der Waals surface area contributed by atoms with Crippen LogP contribution in [0.3, 0.4) is 0 Å². The summed E-state index contributed by atoms with van der Waals surface area (Å²) in [5, 5.41) is 6.36. The van der Waals surface area contributed by atoms with Crippen LogP contribution in [0.2, 0.25) is 0 Å². The van der Waals surface area contributed by atoms with Crippen LogP contribution in [0.25, 0.3) is 0 Å². The molecule has 1 aliphatic heterocycles. The first-order chi connectivity index (χ1) is 10.0. The fourth-order valence-corrected chi connectivity index (χ4v) is 2.23. The van der Waals surface area contributed by atoms with Gasteiger partial charge in [0.15, 0.2) is 0 Å². The van der Waals surface area contributed by atoms with Crippen LogP contribution in [0.1, 0.15) is 31.7 Å². The summed E-state index contributed by atoms with van der Waals surface area (Å²) in [5.41, 5.74) is 0.873. The molecular weight excluding hydrogens is 270 g/mol. The van der Waals surface area contributed by atoms with Gasteiger partial charge in [-0.05, 0) is 19.8 Å². The summed E-state index contributed by atoms with van der Waals surface area (Å²) < 4.78 is 0. The molecule has 0 spiro atoms. The molecular formula is C14H21N5O2. The highest BCUT2D eigenvalue weighted by Gasteiger charge is 2.32. The number of hydrogen-bond acceptors (Lipinski definition) is 6. The normalized spacial score (nSPS) is 18.8. The minimum Gasteiger partial charge on any atom is -0.370 e. The Kier molecular flexibility index (Phi) is 4.72. The summed E-state index contributed by atoms with van der Waals surface area (Å²) in [6.07, 6.45) is 3.32. The molecule has 1 aromatic heterocycles. The minimum atomic E-state index is -0.416. The number of amides is 2. The summed E-state index contributed by atoms with van der Waals surface area (Å²) in [6.45, 7) is 4.82. The summed E-state index contributed by atoms with van der Waals surface area (Å²) >= 11 is 0. The zero-order chi connectivity index (χ0) is 15.4. The van der Waals surface area contributed by atoms with Crippen molar-refractivity contribution in [1.82, 2.24) is 14.9 Å². The van der Waals surface area contributed by atoms with Gasteiger partial charge in [-0.25, -0.2) is 9.97 Å². The SMILES string of the molecule is CCCNc1ncnc(NC2CCC(=O)N(C)C2=O)c1C. The number of aromatic nitrogens is 2. The standard InChI is InChI=1S/C14H21N5O2/c1-4-7-15-12-9(2)13(17-8-16-12)18-10-5-6-11(20)19(3)14(10)21/h8,10H,4-7H2,1-3H3,(H2,15,16,17,18). The number of piperidine rings is 1. The van der Waals surface area contributed by atoms with Crippen molar-refractivity contribution in [1.29, 1.82) is 0 Å². The molecule has 2 heterocycles. The molecule has 0 aliphatic carbocycles. The Morgan fingerprint density at radius 2 is 2.05 bits per heavy atom. The highest BCUT2D eigenvalue weighted by molar-refractivity contribution is 6.01. The first-order valence-electron chi connectivity index (χ1n) is 7.17. The van der Waals surface area contributed by atoms with Crippen LogP contribution in [0, 0.1) is 6.92 Å². The Labute approximate surface area is 124 Å². The third kappa shape index (κ3) is 3.29. The van der Waals surface area contributed by atoms with E-state index in [9.17, 15) is 9.59 Å². The third-order valence-corrected chi connectivity index (χ3v) is 3.59. The van der Waals surface area contributed by atoms with Crippen molar-refractivity contribution in [2.75, 3.05) is 24.2 Å². The Morgan fingerprint density at radius 1 is 1.33 bits per heavy atom. The summed E-state index contributed by atoms with van der Waals surface area (Å²) in [5.74, 6) is 1.04. The molecule has 0 bridgehead atoms. The molecule has 0 saturated carbocycles. The van der Waals surface area contributed by atoms with Crippen molar-refractivity contribution < 1.29 is 9.59 Å². The number of hydrogen-bond donors (Lipinski definition) is 2. The van der Waals surface area contributed by atoms with Gasteiger partial charge in [-0.2, -0.15) is 0 Å². The lowest BCUT2D eigenvalue weighted by Gasteiger charge is -2.29. The van der Waals surface area contributed by atoms with Gasteiger partial charge in [0.25, 0.3) is 5.91 Å². The van der Waals surface area contributed by atoms with E-state index in [2.05, 4.69) is 27.5 Å². The molecule has 7 nitrogen and oxygen atoms in total. The van der Waals surface area contributed by atoms with Crippen molar-refractivity contribution in [3.05, 3.63) is 11.9 Å². The van der Waals surface area contributed by atoms with Crippen molar-refractivity contribution in [3.63, 3.8) is 0 Å². The molecule has 21 heavy (non-hydrogen) atoms. The van der Waals surface area contributed by atoms with Gasteiger partial charge in [-0.1, -0.05) is 6.92 Å². The van der Waals surface area contributed by atoms with Gasteiger partial charge in [0.2, 0.25) is 5.91 Å². The fraction of sp³-hybridized carbons (Fsp3) is 0.571. The predicted octanol–water partition coefficient (Wildman–Crippen LogP) is 1.17. The second kappa shape index (κ2) is 6.51. The average molecular weight is 291 g/mol. The zero-order valence-corrected chi connectivity index (χ0v) is 12.6. The number of imide groups is 1. The Hall–Kier alpha value is -2.18. The fourth-order valence-electron chi connectivity index (χ4n) is 2.23. The van der Waals surface area contributed by atoms with E-state index < -0.39 is 6.04 Å². The quantitative estimate of drug-likeness (QED) is 0.792. The highest BCUT2D eigenvalue weighted by Crippen LogP contribution is 2.22. The van der Waals surface area contributed by atoms with E-state index in [1.54, 1.807) is 0 Å². The number of carbonyl (C=O) groups excluding carboxylic acids is 2. The number of nitrogens with one attached hydrogen (secondary N) is 2. The van der Waals surface area contributed by atoms with Crippen LogP contribution >= 0.6 is 0 Å². The van der Waals surface area contributed by atoms with Crippen molar-refractivity contribution in [2.45, 2.75) is 39.2 Å². The van der Waals surface area contributed by atoms with Gasteiger partial charge in [0, 0.05) is 25.6 Å². The second-order valence-electron chi connectivity index (χ2n) is 5.15. The number of anilines is 2. The van der Waals surface area contributed by atoms with Gasteiger partial charge in [-0.3, -0.25) is 14.5 Å². The number of nitrogens with zero attached hydrogens (tertiary/aromatic N) is 3. The largest absolute Gasteiger partial charge is 0.370 e. The molecule has 114 valence electrons. The summed E-state index contributed by atoms with van der Waals surface area (Å²) in [6, 6.07) is -0.416. The lowest BCUT2D eigenvalue weighted by Crippen LogP contribution is -2.48. The molecule has 2 amide bonds. The number of likely N-dealkylation sites (N-methyl/N-ethyl adjacent to an activating group) is 1. The van der Waals surface area contributed by atoms with E-state index in [0.29, 0.717) is 18.7 Å². The first-order valence-corrected chi connectivity index (χ1v) is 7.17. The van der Waals surface area contributed by atoms with Crippen LogP contribution in [0.5, 0.6) is 0 Å². The number of rotatable bonds is 5. The Bertz CT molecular complexity index is 546.